The molecule has 0 aromatic heterocycles. The van der Waals surface area contributed by atoms with Crippen molar-refractivity contribution >= 4 is 28.9 Å². The molecule has 5 nitrogen and oxygen atoms in total. The van der Waals surface area contributed by atoms with E-state index < -0.39 is 0 Å². The molecule has 7 heteroatoms. The molecule has 0 saturated carbocycles. The summed E-state index contributed by atoms with van der Waals surface area (Å²) in [6.45, 7) is 2.98. The van der Waals surface area contributed by atoms with Crippen molar-refractivity contribution in [2.75, 3.05) is 25.5 Å². The Bertz CT molecular complexity index is 753. The predicted octanol–water partition coefficient (Wildman–Crippen LogP) is 3.17. The summed E-state index contributed by atoms with van der Waals surface area (Å²) in [5.74, 6) is 0.259. The predicted molar refractivity (Wildman–Crippen MR) is 105 cm³/mol. The largest absolute Gasteiger partial charge is 0.497 e. The minimum Gasteiger partial charge on any atom is -0.497 e. The summed E-state index contributed by atoms with van der Waals surface area (Å²) >= 11 is 5.40. The van der Waals surface area contributed by atoms with E-state index in [2.05, 4.69) is 10.6 Å². The molecule has 0 bridgehead atoms. The average molecular weight is 375 g/mol. The first-order chi connectivity index (χ1) is 12.5. The Kier molecular flexibility index (Phi) is 7.35. The lowest BCUT2D eigenvalue weighted by molar-refractivity contribution is -0.121. The SMILES string of the molecule is CCN(CC(=O)NCc1ccc(F)cc1)C(=S)Nc1cccc(OC)c1. The first-order valence-electron chi connectivity index (χ1n) is 8.23. The standard InChI is InChI=1S/C19H22FN3O2S/c1-3-23(19(26)22-16-5-4-6-17(11-16)25-2)13-18(24)21-12-14-7-9-15(20)10-8-14/h4-11H,3,12-13H2,1-2H3,(H,21,24)(H,22,26). The number of thiocarbonyl (C=S) groups is 1. The Balaban J connectivity index is 1.87. The molecule has 26 heavy (non-hydrogen) atoms. The number of hydrogen-bond acceptors (Lipinski definition) is 3. The molecule has 0 aliphatic rings. The number of benzene rings is 2. The van der Waals surface area contributed by atoms with Crippen molar-refractivity contribution in [3.05, 3.63) is 59.9 Å². The molecule has 0 aliphatic heterocycles. The summed E-state index contributed by atoms with van der Waals surface area (Å²) in [7, 11) is 1.60. The highest BCUT2D eigenvalue weighted by molar-refractivity contribution is 7.80. The quantitative estimate of drug-likeness (QED) is 0.728. The van der Waals surface area contributed by atoms with Gasteiger partial charge in [-0.25, -0.2) is 4.39 Å². The summed E-state index contributed by atoms with van der Waals surface area (Å²) in [5.41, 5.74) is 1.62. The van der Waals surface area contributed by atoms with Gasteiger partial charge < -0.3 is 20.3 Å². The van der Waals surface area contributed by atoms with Crippen LogP contribution in [0.1, 0.15) is 12.5 Å². The molecular weight excluding hydrogens is 353 g/mol. The summed E-state index contributed by atoms with van der Waals surface area (Å²) in [4.78, 5) is 13.9. The van der Waals surface area contributed by atoms with Crippen molar-refractivity contribution in [2.45, 2.75) is 13.5 Å². The number of methoxy groups -OCH3 is 1. The molecule has 0 saturated heterocycles. The number of carbonyl (C=O) groups excluding carboxylic acids is 1. The lowest BCUT2D eigenvalue weighted by Crippen LogP contribution is -2.42. The molecule has 0 fully saturated rings. The summed E-state index contributed by atoms with van der Waals surface area (Å²) < 4.78 is 18.1. The van der Waals surface area contributed by atoms with Crippen LogP contribution in [0.25, 0.3) is 0 Å². The minimum absolute atomic E-state index is 0.132. The number of rotatable bonds is 7. The van der Waals surface area contributed by atoms with Crippen LogP contribution in [0, 0.1) is 5.82 Å². The number of hydrogen-bond donors (Lipinski definition) is 2. The Hall–Kier alpha value is -2.67. The first kappa shape index (κ1) is 19.7. The van der Waals surface area contributed by atoms with Gasteiger partial charge in [-0.05, 0) is 49.0 Å². The van der Waals surface area contributed by atoms with Crippen molar-refractivity contribution in [1.29, 1.82) is 0 Å². The fourth-order valence-corrected chi connectivity index (χ4v) is 2.57. The third-order valence-corrected chi connectivity index (χ3v) is 4.09. The van der Waals surface area contributed by atoms with E-state index in [0.29, 0.717) is 18.2 Å². The van der Waals surface area contributed by atoms with Gasteiger partial charge in [0.1, 0.15) is 11.6 Å². The van der Waals surface area contributed by atoms with Gasteiger partial charge in [0.2, 0.25) is 5.91 Å². The Morgan fingerprint density at radius 2 is 1.96 bits per heavy atom. The van der Waals surface area contributed by atoms with Crippen LogP contribution in [0.15, 0.2) is 48.5 Å². The number of anilines is 1. The molecule has 2 rings (SSSR count). The van der Waals surface area contributed by atoms with E-state index in [-0.39, 0.29) is 18.3 Å². The van der Waals surface area contributed by atoms with Gasteiger partial charge in [-0.1, -0.05) is 18.2 Å². The zero-order chi connectivity index (χ0) is 18.9. The molecular formula is C19H22FN3O2S. The highest BCUT2D eigenvalue weighted by Crippen LogP contribution is 2.17. The zero-order valence-corrected chi connectivity index (χ0v) is 15.6. The average Bonchev–Trinajstić information content (AvgIpc) is 2.65. The van der Waals surface area contributed by atoms with E-state index >= 15 is 0 Å². The lowest BCUT2D eigenvalue weighted by Gasteiger charge is -2.24. The second kappa shape index (κ2) is 9.72. The van der Waals surface area contributed by atoms with E-state index in [9.17, 15) is 9.18 Å². The number of amides is 1. The maximum Gasteiger partial charge on any atom is 0.239 e. The molecule has 2 aromatic carbocycles. The number of nitrogens with zero attached hydrogens (tertiary/aromatic N) is 1. The van der Waals surface area contributed by atoms with Gasteiger partial charge in [-0.15, -0.1) is 0 Å². The van der Waals surface area contributed by atoms with Crippen LogP contribution in [-0.2, 0) is 11.3 Å². The van der Waals surface area contributed by atoms with Gasteiger partial charge in [-0.2, -0.15) is 0 Å². The van der Waals surface area contributed by atoms with E-state index in [1.807, 2.05) is 31.2 Å². The van der Waals surface area contributed by atoms with E-state index in [1.54, 1.807) is 24.1 Å². The number of ether oxygens (including phenoxy) is 1. The van der Waals surface area contributed by atoms with Crippen molar-refractivity contribution < 1.29 is 13.9 Å². The molecule has 2 N–H and O–H groups in total. The van der Waals surface area contributed by atoms with Gasteiger partial charge >= 0.3 is 0 Å². The van der Waals surface area contributed by atoms with Crippen LogP contribution in [-0.4, -0.2) is 36.1 Å². The number of carbonyl (C=O) groups is 1. The van der Waals surface area contributed by atoms with Crippen LogP contribution in [0.2, 0.25) is 0 Å². The van der Waals surface area contributed by atoms with E-state index in [0.717, 1.165) is 17.0 Å². The third kappa shape index (κ3) is 6.00. The topological polar surface area (TPSA) is 53.6 Å². The number of likely N-dealkylation sites (N-methyl/N-ethyl adjacent to an activating group) is 1. The Labute approximate surface area is 158 Å². The molecule has 0 spiro atoms. The molecule has 1 amide bonds. The van der Waals surface area contributed by atoms with Crippen molar-refractivity contribution in [3.8, 4) is 5.75 Å². The van der Waals surface area contributed by atoms with Gasteiger partial charge in [0.15, 0.2) is 5.11 Å². The summed E-state index contributed by atoms with van der Waals surface area (Å²) in [5, 5.41) is 6.37. The zero-order valence-electron chi connectivity index (χ0n) is 14.8. The van der Waals surface area contributed by atoms with E-state index in [1.165, 1.54) is 12.1 Å². The van der Waals surface area contributed by atoms with Gasteiger partial charge in [-0.3, -0.25) is 4.79 Å². The van der Waals surface area contributed by atoms with Crippen LogP contribution < -0.4 is 15.4 Å². The normalized spacial score (nSPS) is 10.1. The smallest absolute Gasteiger partial charge is 0.239 e. The highest BCUT2D eigenvalue weighted by Gasteiger charge is 2.13. The minimum atomic E-state index is -0.300. The van der Waals surface area contributed by atoms with E-state index in [4.69, 9.17) is 17.0 Å². The van der Waals surface area contributed by atoms with Gasteiger partial charge in [0.25, 0.3) is 0 Å². The fourth-order valence-electron chi connectivity index (χ4n) is 2.26. The molecule has 0 unspecified atom stereocenters. The summed E-state index contributed by atoms with van der Waals surface area (Å²) in [6, 6.07) is 13.4. The monoisotopic (exact) mass is 375 g/mol. The fraction of sp³-hybridized carbons (Fsp3) is 0.263. The van der Waals surface area contributed by atoms with Crippen LogP contribution in [0.5, 0.6) is 5.75 Å². The van der Waals surface area contributed by atoms with Crippen molar-refractivity contribution in [3.63, 3.8) is 0 Å². The molecule has 0 atom stereocenters. The van der Waals surface area contributed by atoms with Crippen molar-refractivity contribution in [2.24, 2.45) is 0 Å². The summed E-state index contributed by atoms with van der Waals surface area (Å²) in [6.07, 6.45) is 0. The lowest BCUT2D eigenvalue weighted by atomic mass is 10.2. The third-order valence-electron chi connectivity index (χ3n) is 3.73. The maximum absolute atomic E-state index is 12.9. The Morgan fingerprint density at radius 3 is 2.62 bits per heavy atom. The molecule has 2 aromatic rings. The Morgan fingerprint density at radius 1 is 1.23 bits per heavy atom. The molecule has 0 radical (unpaired) electrons. The van der Waals surface area contributed by atoms with Crippen LogP contribution >= 0.6 is 12.2 Å². The maximum atomic E-state index is 12.9. The second-order valence-electron chi connectivity index (χ2n) is 5.58. The van der Waals surface area contributed by atoms with Gasteiger partial charge in [0, 0.05) is 24.8 Å². The van der Waals surface area contributed by atoms with Crippen molar-refractivity contribution in [1.82, 2.24) is 10.2 Å². The molecule has 0 heterocycles. The number of nitrogens with one attached hydrogen (secondary N) is 2. The van der Waals surface area contributed by atoms with Crippen LogP contribution in [0.4, 0.5) is 10.1 Å². The molecule has 0 aliphatic carbocycles. The number of halogens is 1. The molecule has 138 valence electrons. The van der Waals surface area contributed by atoms with Crippen LogP contribution in [0.3, 0.4) is 0 Å². The highest BCUT2D eigenvalue weighted by atomic mass is 32.1. The first-order valence-corrected chi connectivity index (χ1v) is 8.63. The second-order valence-corrected chi connectivity index (χ2v) is 5.97. The van der Waals surface area contributed by atoms with Gasteiger partial charge in [0.05, 0.1) is 13.7 Å².